The van der Waals surface area contributed by atoms with Crippen molar-refractivity contribution < 1.29 is 0 Å². The zero-order valence-electron chi connectivity index (χ0n) is 18.0. The molecule has 0 heterocycles. The molecule has 0 spiro atoms. The summed E-state index contributed by atoms with van der Waals surface area (Å²) < 4.78 is 0. The number of nitrogens with two attached hydrogens (primary N) is 1. The lowest BCUT2D eigenvalue weighted by atomic mass is 9.84. The average Bonchev–Trinajstić information content (AvgIpc) is 2.73. The highest BCUT2D eigenvalue weighted by Crippen LogP contribution is 2.36. The van der Waals surface area contributed by atoms with Gasteiger partial charge in [0, 0.05) is 17.5 Å². The number of benzene rings is 2. The van der Waals surface area contributed by atoms with Gasteiger partial charge in [-0.3, -0.25) is 0 Å². The lowest BCUT2D eigenvalue weighted by Crippen LogP contribution is -2.02. The van der Waals surface area contributed by atoms with Gasteiger partial charge in [0.05, 0.1) is 0 Å². The van der Waals surface area contributed by atoms with Crippen molar-refractivity contribution in [2.24, 2.45) is 0 Å². The van der Waals surface area contributed by atoms with Crippen LogP contribution in [0, 0.1) is 12.3 Å². The molecule has 0 bridgehead atoms. The average molecular weight is 385 g/mol. The minimum Gasteiger partial charge on any atom is -0.398 e. The number of anilines is 1. The van der Waals surface area contributed by atoms with Crippen LogP contribution in [0.1, 0.15) is 73.8 Å². The Bertz CT molecular complexity index is 1000. The molecule has 3 rings (SSSR count). The maximum atomic E-state index is 7.74. The molecular formula is C27H32N2. The first-order valence-electron chi connectivity index (χ1n) is 10.6. The Morgan fingerprint density at radius 3 is 2.41 bits per heavy atom. The van der Waals surface area contributed by atoms with E-state index in [2.05, 4.69) is 70.2 Å². The van der Waals surface area contributed by atoms with Gasteiger partial charge in [-0.1, -0.05) is 63.3 Å². The molecule has 2 aromatic rings. The molecule has 2 heteroatoms. The number of hydrogen-bond acceptors (Lipinski definition) is 2. The summed E-state index contributed by atoms with van der Waals surface area (Å²) in [4.78, 5) is 0. The zero-order chi connectivity index (χ0) is 21.0. The van der Waals surface area contributed by atoms with Gasteiger partial charge in [0.2, 0.25) is 0 Å². The SMILES string of the molecule is CC/C(C1=CCCC=C1)=C(/c1ccc(C(C)C)c(C)c1)c1ccc(N)c(C=N)c1. The first kappa shape index (κ1) is 20.9. The van der Waals surface area contributed by atoms with E-state index in [1.807, 2.05) is 12.1 Å². The van der Waals surface area contributed by atoms with Gasteiger partial charge in [0.1, 0.15) is 0 Å². The quantitative estimate of drug-likeness (QED) is 0.402. The molecule has 0 aliphatic heterocycles. The van der Waals surface area contributed by atoms with Gasteiger partial charge in [-0.2, -0.15) is 0 Å². The molecule has 29 heavy (non-hydrogen) atoms. The summed E-state index contributed by atoms with van der Waals surface area (Å²) in [5.41, 5.74) is 16.4. The second-order valence-electron chi connectivity index (χ2n) is 8.06. The van der Waals surface area contributed by atoms with Gasteiger partial charge in [-0.05, 0) is 83.2 Å². The number of rotatable bonds is 6. The van der Waals surface area contributed by atoms with Crippen LogP contribution in [0.2, 0.25) is 0 Å². The van der Waals surface area contributed by atoms with Crippen molar-refractivity contribution in [3.8, 4) is 0 Å². The standard InChI is InChI=1S/C27H32N2/c1-5-24(20-9-7-6-8-10-20)27(22-12-14-26(29)23(16-22)17-28)21-11-13-25(18(2)3)19(4)15-21/h7,9-18,28H,5-6,8,29H2,1-4H3/b27-24+,28-17?. The van der Waals surface area contributed by atoms with Gasteiger partial charge in [-0.25, -0.2) is 0 Å². The third kappa shape index (κ3) is 4.42. The third-order valence-electron chi connectivity index (χ3n) is 5.71. The second kappa shape index (κ2) is 9.09. The second-order valence-corrected chi connectivity index (χ2v) is 8.06. The highest BCUT2D eigenvalue weighted by molar-refractivity contribution is 5.91. The van der Waals surface area contributed by atoms with Crippen molar-refractivity contribution in [1.82, 2.24) is 0 Å². The molecule has 2 nitrogen and oxygen atoms in total. The number of nitrogens with one attached hydrogen (secondary N) is 1. The third-order valence-corrected chi connectivity index (χ3v) is 5.71. The van der Waals surface area contributed by atoms with Crippen molar-refractivity contribution >= 4 is 17.5 Å². The van der Waals surface area contributed by atoms with Gasteiger partial charge in [0.25, 0.3) is 0 Å². The molecule has 0 unspecified atom stereocenters. The summed E-state index contributed by atoms with van der Waals surface area (Å²) in [6.07, 6.45) is 11.4. The molecule has 150 valence electrons. The van der Waals surface area contributed by atoms with E-state index in [4.69, 9.17) is 11.1 Å². The number of hydrogen-bond donors (Lipinski definition) is 2. The number of allylic oxidation sites excluding steroid dienone is 5. The van der Waals surface area contributed by atoms with Gasteiger partial charge < -0.3 is 11.1 Å². The highest BCUT2D eigenvalue weighted by atomic mass is 14.6. The summed E-state index contributed by atoms with van der Waals surface area (Å²) in [7, 11) is 0. The van der Waals surface area contributed by atoms with E-state index in [0.29, 0.717) is 11.6 Å². The number of aryl methyl sites for hydroxylation is 1. The molecule has 3 N–H and O–H groups in total. The summed E-state index contributed by atoms with van der Waals surface area (Å²) in [5.74, 6) is 0.507. The normalized spacial score (nSPS) is 14.6. The maximum Gasteiger partial charge on any atom is 0.0403 e. The molecular weight excluding hydrogens is 352 g/mol. The summed E-state index contributed by atoms with van der Waals surface area (Å²) in [6, 6.07) is 12.9. The lowest BCUT2D eigenvalue weighted by Gasteiger charge is -2.20. The Morgan fingerprint density at radius 2 is 1.83 bits per heavy atom. The van der Waals surface area contributed by atoms with E-state index in [1.165, 1.54) is 39.6 Å². The van der Waals surface area contributed by atoms with Gasteiger partial charge in [-0.15, -0.1) is 0 Å². The van der Waals surface area contributed by atoms with E-state index >= 15 is 0 Å². The Labute approximate surface area is 175 Å². The predicted molar refractivity (Wildman–Crippen MR) is 127 cm³/mol. The van der Waals surface area contributed by atoms with Crippen LogP contribution in [-0.2, 0) is 0 Å². The fourth-order valence-electron chi connectivity index (χ4n) is 4.21. The van der Waals surface area contributed by atoms with Crippen molar-refractivity contribution in [2.75, 3.05) is 5.73 Å². The van der Waals surface area contributed by atoms with Crippen molar-refractivity contribution in [3.63, 3.8) is 0 Å². The molecule has 0 saturated carbocycles. The summed E-state index contributed by atoms with van der Waals surface area (Å²) in [5, 5.41) is 7.74. The Morgan fingerprint density at radius 1 is 1.10 bits per heavy atom. The Hall–Kier alpha value is -2.87. The minimum absolute atomic E-state index is 0.507. The molecule has 0 amide bonds. The van der Waals surface area contributed by atoms with E-state index in [-0.39, 0.29) is 0 Å². The minimum atomic E-state index is 0.507. The van der Waals surface area contributed by atoms with Gasteiger partial charge in [0.15, 0.2) is 0 Å². The largest absolute Gasteiger partial charge is 0.398 e. The lowest BCUT2D eigenvalue weighted by molar-refractivity contribution is 0.856. The molecule has 1 aliphatic carbocycles. The van der Waals surface area contributed by atoms with Gasteiger partial charge >= 0.3 is 0 Å². The highest BCUT2D eigenvalue weighted by Gasteiger charge is 2.16. The zero-order valence-corrected chi connectivity index (χ0v) is 18.0. The van der Waals surface area contributed by atoms with Crippen molar-refractivity contribution in [3.05, 3.63) is 93.6 Å². The fraction of sp³-hybridized carbons (Fsp3) is 0.296. The van der Waals surface area contributed by atoms with E-state index in [9.17, 15) is 0 Å². The van der Waals surface area contributed by atoms with Crippen molar-refractivity contribution in [1.29, 1.82) is 5.41 Å². The number of nitrogen functional groups attached to an aromatic ring is 1. The summed E-state index contributed by atoms with van der Waals surface area (Å²) in [6.45, 7) is 8.91. The van der Waals surface area contributed by atoms with Crippen LogP contribution >= 0.6 is 0 Å². The molecule has 0 saturated heterocycles. The molecule has 1 aliphatic rings. The van der Waals surface area contributed by atoms with E-state index < -0.39 is 0 Å². The van der Waals surface area contributed by atoms with Crippen LogP contribution in [0.15, 0.2) is 65.8 Å². The fourth-order valence-corrected chi connectivity index (χ4v) is 4.21. The van der Waals surface area contributed by atoms with Crippen molar-refractivity contribution in [2.45, 2.75) is 52.9 Å². The van der Waals surface area contributed by atoms with Crippen LogP contribution in [0.4, 0.5) is 5.69 Å². The molecule has 2 aromatic carbocycles. The van der Waals surface area contributed by atoms with Crippen LogP contribution in [0.3, 0.4) is 0 Å². The molecule has 0 aromatic heterocycles. The smallest absolute Gasteiger partial charge is 0.0403 e. The Balaban J connectivity index is 2.28. The molecule has 0 radical (unpaired) electrons. The first-order chi connectivity index (χ1) is 14.0. The van der Waals surface area contributed by atoms with Crippen LogP contribution in [-0.4, -0.2) is 6.21 Å². The molecule has 0 atom stereocenters. The monoisotopic (exact) mass is 384 g/mol. The Kier molecular flexibility index (Phi) is 6.53. The van der Waals surface area contributed by atoms with E-state index in [1.54, 1.807) is 0 Å². The first-order valence-corrected chi connectivity index (χ1v) is 10.6. The maximum absolute atomic E-state index is 7.74. The molecule has 0 fully saturated rings. The topological polar surface area (TPSA) is 49.9 Å². The predicted octanol–water partition coefficient (Wildman–Crippen LogP) is 7.19. The van der Waals surface area contributed by atoms with Crippen LogP contribution in [0.25, 0.3) is 5.57 Å². The van der Waals surface area contributed by atoms with Crippen LogP contribution < -0.4 is 5.73 Å². The van der Waals surface area contributed by atoms with Crippen LogP contribution in [0.5, 0.6) is 0 Å². The summed E-state index contributed by atoms with van der Waals surface area (Å²) >= 11 is 0. The van der Waals surface area contributed by atoms with E-state index in [0.717, 1.165) is 30.4 Å².